The third-order valence-corrected chi connectivity index (χ3v) is 4.87. The van der Waals surface area contributed by atoms with Crippen LogP contribution in [0.1, 0.15) is 53.4 Å². The van der Waals surface area contributed by atoms with Gasteiger partial charge >= 0.3 is 6.09 Å². The first-order chi connectivity index (χ1) is 11.9. The molecule has 5 nitrogen and oxygen atoms in total. The van der Waals surface area contributed by atoms with E-state index in [9.17, 15) is 4.79 Å². The van der Waals surface area contributed by atoms with E-state index in [1.165, 1.54) is 0 Å². The first kappa shape index (κ1) is 17.9. The maximum atomic E-state index is 12.5. The summed E-state index contributed by atoms with van der Waals surface area (Å²) in [6.45, 7) is 8.44. The fourth-order valence-electron chi connectivity index (χ4n) is 3.96. The summed E-state index contributed by atoms with van der Waals surface area (Å²) in [7, 11) is 0. The molecular weight excluding hydrogens is 316 g/mol. The standard InChI is InChI=1S/C20H30N2O3/c1-5-24-18-10-6-14(7-11-18)21-15-12-16-8-9-17(13-15)22(16)19(23)25-20(2,3)4/h6-7,10-11,15-17,21H,5,8-9,12-13H2,1-4H3. The molecule has 0 radical (unpaired) electrons. The number of fused-ring (bicyclic) bond motifs is 2. The summed E-state index contributed by atoms with van der Waals surface area (Å²) in [5, 5.41) is 3.62. The predicted octanol–water partition coefficient (Wildman–Crippen LogP) is 4.43. The van der Waals surface area contributed by atoms with Gasteiger partial charge in [-0.3, -0.25) is 0 Å². The lowest BCUT2D eigenvalue weighted by Crippen LogP contribution is -2.51. The van der Waals surface area contributed by atoms with Crippen LogP contribution < -0.4 is 10.1 Å². The number of hydrogen-bond acceptors (Lipinski definition) is 4. The molecule has 1 aromatic carbocycles. The minimum atomic E-state index is -0.437. The number of anilines is 1. The van der Waals surface area contributed by atoms with Crippen molar-refractivity contribution in [1.82, 2.24) is 4.90 Å². The Hall–Kier alpha value is -1.91. The largest absolute Gasteiger partial charge is 0.494 e. The predicted molar refractivity (Wildman–Crippen MR) is 99.1 cm³/mol. The van der Waals surface area contributed by atoms with E-state index in [1.54, 1.807) is 0 Å². The molecule has 25 heavy (non-hydrogen) atoms. The first-order valence-electron chi connectivity index (χ1n) is 9.36. The van der Waals surface area contributed by atoms with Gasteiger partial charge in [0.25, 0.3) is 0 Å². The molecule has 2 aliphatic rings. The summed E-state index contributed by atoms with van der Waals surface area (Å²) < 4.78 is 11.1. The number of carbonyl (C=O) groups excluding carboxylic acids is 1. The van der Waals surface area contributed by atoms with Gasteiger partial charge in [-0.2, -0.15) is 0 Å². The van der Waals surface area contributed by atoms with Crippen LogP contribution in [0.2, 0.25) is 0 Å². The summed E-state index contributed by atoms with van der Waals surface area (Å²) in [4.78, 5) is 14.5. The molecule has 2 unspecified atom stereocenters. The molecule has 5 heteroatoms. The van der Waals surface area contributed by atoms with E-state index in [0.29, 0.717) is 12.6 Å². The number of rotatable bonds is 4. The molecule has 2 fully saturated rings. The van der Waals surface area contributed by atoms with Crippen LogP contribution in [0, 0.1) is 0 Å². The Morgan fingerprint density at radius 2 is 1.76 bits per heavy atom. The van der Waals surface area contributed by atoms with Crippen LogP contribution in [0.3, 0.4) is 0 Å². The quantitative estimate of drug-likeness (QED) is 0.876. The number of ether oxygens (including phenoxy) is 2. The number of benzene rings is 1. The number of hydrogen-bond donors (Lipinski definition) is 1. The zero-order valence-corrected chi connectivity index (χ0v) is 15.7. The topological polar surface area (TPSA) is 50.8 Å². The van der Waals surface area contributed by atoms with E-state index in [4.69, 9.17) is 9.47 Å². The molecule has 1 amide bonds. The van der Waals surface area contributed by atoms with Crippen LogP contribution in [0.25, 0.3) is 0 Å². The van der Waals surface area contributed by atoms with Crippen LogP contribution in [-0.2, 0) is 4.74 Å². The van der Waals surface area contributed by atoms with E-state index in [2.05, 4.69) is 17.4 Å². The Morgan fingerprint density at radius 1 is 1.16 bits per heavy atom. The van der Waals surface area contributed by atoms with Crippen LogP contribution in [-0.4, -0.2) is 41.3 Å². The van der Waals surface area contributed by atoms with Crippen molar-refractivity contribution in [3.05, 3.63) is 24.3 Å². The van der Waals surface area contributed by atoms with E-state index in [0.717, 1.165) is 37.1 Å². The number of carbonyl (C=O) groups is 1. The molecule has 3 rings (SSSR count). The highest BCUT2D eigenvalue weighted by molar-refractivity contribution is 5.69. The van der Waals surface area contributed by atoms with E-state index in [1.807, 2.05) is 44.7 Å². The normalized spacial score (nSPS) is 25.6. The average molecular weight is 346 g/mol. The van der Waals surface area contributed by atoms with Gasteiger partial charge < -0.3 is 19.7 Å². The van der Waals surface area contributed by atoms with Crippen molar-refractivity contribution in [2.24, 2.45) is 0 Å². The monoisotopic (exact) mass is 346 g/mol. The SMILES string of the molecule is CCOc1ccc(NC2CC3CCC(C2)N3C(=O)OC(C)(C)C)cc1. The van der Waals surface area contributed by atoms with Gasteiger partial charge in [0, 0.05) is 23.8 Å². The highest BCUT2D eigenvalue weighted by Crippen LogP contribution is 2.37. The molecule has 0 aliphatic carbocycles. The number of nitrogens with one attached hydrogen (secondary N) is 1. The summed E-state index contributed by atoms with van der Waals surface area (Å²) in [6, 6.07) is 9.09. The Balaban J connectivity index is 1.59. The molecule has 2 bridgehead atoms. The lowest BCUT2D eigenvalue weighted by atomic mass is 9.97. The van der Waals surface area contributed by atoms with Crippen LogP contribution in [0.15, 0.2) is 24.3 Å². The fourth-order valence-corrected chi connectivity index (χ4v) is 3.96. The van der Waals surface area contributed by atoms with E-state index >= 15 is 0 Å². The minimum absolute atomic E-state index is 0.153. The Kier molecular flexibility index (Phi) is 5.11. The number of amides is 1. The molecule has 2 saturated heterocycles. The minimum Gasteiger partial charge on any atom is -0.494 e. The second-order valence-corrected chi connectivity index (χ2v) is 8.04. The Morgan fingerprint density at radius 3 is 2.28 bits per heavy atom. The van der Waals surface area contributed by atoms with Gasteiger partial charge in [-0.15, -0.1) is 0 Å². The second kappa shape index (κ2) is 7.14. The van der Waals surface area contributed by atoms with Crippen molar-refractivity contribution in [3.8, 4) is 5.75 Å². The van der Waals surface area contributed by atoms with Crippen molar-refractivity contribution < 1.29 is 14.3 Å². The molecule has 0 saturated carbocycles. The van der Waals surface area contributed by atoms with Gasteiger partial charge in [0.05, 0.1) is 6.61 Å². The third kappa shape index (κ3) is 4.39. The van der Waals surface area contributed by atoms with Crippen molar-refractivity contribution in [2.75, 3.05) is 11.9 Å². The summed E-state index contributed by atoms with van der Waals surface area (Å²) >= 11 is 0. The van der Waals surface area contributed by atoms with E-state index < -0.39 is 5.60 Å². The van der Waals surface area contributed by atoms with Gasteiger partial charge in [0.2, 0.25) is 0 Å². The maximum absolute atomic E-state index is 12.5. The molecule has 138 valence electrons. The first-order valence-corrected chi connectivity index (χ1v) is 9.36. The lowest BCUT2D eigenvalue weighted by molar-refractivity contribution is 0.00683. The molecule has 1 N–H and O–H groups in total. The molecule has 2 atom stereocenters. The fraction of sp³-hybridized carbons (Fsp3) is 0.650. The molecule has 0 aromatic heterocycles. The highest BCUT2D eigenvalue weighted by Gasteiger charge is 2.44. The zero-order chi connectivity index (χ0) is 18.0. The van der Waals surface area contributed by atoms with Crippen LogP contribution in [0.4, 0.5) is 10.5 Å². The Bertz CT molecular complexity index is 580. The van der Waals surface area contributed by atoms with Gasteiger partial charge in [0.1, 0.15) is 11.4 Å². The summed E-state index contributed by atoms with van der Waals surface area (Å²) in [5.74, 6) is 0.896. The van der Waals surface area contributed by atoms with Crippen molar-refractivity contribution in [1.29, 1.82) is 0 Å². The zero-order valence-electron chi connectivity index (χ0n) is 15.7. The highest BCUT2D eigenvalue weighted by atomic mass is 16.6. The molecular formula is C20H30N2O3. The molecule has 2 heterocycles. The van der Waals surface area contributed by atoms with Gasteiger partial charge in [-0.1, -0.05) is 0 Å². The van der Waals surface area contributed by atoms with Crippen LogP contribution in [0.5, 0.6) is 5.75 Å². The van der Waals surface area contributed by atoms with Crippen LogP contribution >= 0.6 is 0 Å². The lowest BCUT2D eigenvalue weighted by Gasteiger charge is -2.40. The number of piperidine rings is 1. The summed E-state index contributed by atoms with van der Waals surface area (Å²) in [6.07, 6.45) is 3.95. The number of nitrogens with zero attached hydrogens (tertiary/aromatic N) is 1. The van der Waals surface area contributed by atoms with Crippen molar-refractivity contribution >= 4 is 11.8 Å². The van der Waals surface area contributed by atoms with E-state index in [-0.39, 0.29) is 18.2 Å². The molecule has 1 aromatic rings. The van der Waals surface area contributed by atoms with Crippen molar-refractivity contribution in [2.45, 2.75) is 77.1 Å². The maximum Gasteiger partial charge on any atom is 0.410 e. The molecule has 0 spiro atoms. The molecule has 2 aliphatic heterocycles. The third-order valence-electron chi connectivity index (χ3n) is 4.87. The smallest absolute Gasteiger partial charge is 0.410 e. The summed E-state index contributed by atoms with van der Waals surface area (Å²) in [5.41, 5.74) is 0.673. The second-order valence-electron chi connectivity index (χ2n) is 8.04. The van der Waals surface area contributed by atoms with Gasteiger partial charge in [-0.25, -0.2) is 4.79 Å². The Labute approximate surface area is 150 Å². The van der Waals surface area contributed by atoms with Crippen molar-refractivity contribution in [3.63, 3.8) is 0 Å². The van der Waals surface area contributed by atoms with Gasteiger partial charge in [0.15, 0.2) is 0 Å². The average Bonchev–Trinajstić information content (AvgIpc) is 2.80. The van der Waals surface area contributed by atoms with Gasteiger partial charge in [-0.05, 0) is 77.6 Å².